The highest BCUT2D eigenvalue weighted by atomic mass is 35.5. The van der Waals surface area contributed by atoms with Crippen LogP contribution in [0.5, 0.6) is 5.88 Å². The number of aromatic nitrogens is 1. The van der Waals surface area contributed by atoms with Gasteiger partial charge in [0.25, 0.3) is 5.91 Å². The molecule has 0 saturated carbocycles. The summed E-state index contributed by atoms with van der Waals surface area (Å²) in [5.41, 5.74) is -0.202. The van der Waals surface area contributed by atoms with Gasteiger partial charge in [-0.25, -0.2) is 4.98 Å². The number of ether oxygens (including phenoxy) is 1. The number of halogens is 1. The van der Waals surface area contributed by atoms with E-state index in [1.165, 1.54) is 0 Å². The van der Waals surface area contributed by atoms with Crippen molar-refractivity contribution in [2.45, 2.75) is 38.3 Å². The van der Waals surface area contributed by atoms with E-state index in [0.717, 1.165) is 25.9 Å². The summed E-state index contributed by atoms with van der Waals surface area (Å²) >= 11 is 6.03. The molecule has 0 aliphatic carbocycles. The first-order chi connectivity index (χ1) is 9.49. The monoisotopic (exact) mass is 295 g/mol. The molecule has 1 aromatic rings. The van der Waals surface area contributed by atoms with Crippen LogP contribution in [-0.2, 0) is 4.79 Å². The summed E-state index contributed by atoms with van der Waals surface area (Å²) in [6.45, 7) is 5.39. The van der Waals surface area contributed by atoms with Gasteiger partial charge in [0.15, 0.2) is 5.60 Å². The van der Waals surface area contributed by atoms with Crippen LogP contribution in [0.3, 0.4) is 0 Å². The maximum absolute atomic E-state index is 12.7. The van der Waals surface area contributed by atoms with Gasteiger partial charge < -0.3 is 15.0 Å². The van der Waals surface area contributed by atoms with Gasteiger partial charge in [-0.05, 0) is 45.8 Å². The van der Waals surface area contributed by atoms with Crippen LogP contribution in [0.25, 0.3) is 0 Å². The highest BCUT2D eigenvalue weighted by Gasteiger charge is 2.44. The Labute approximate surface area is 123 Å². The SMILES string of the molecule is CC1(C)Oc2ncc(Cl)cc2N(C2CCNCC2)C1=O. The third-order valence-electron chi connectivity index (χ3n) is 3.82. The Bertz CT molecular complexity index is 541. The van der Waals surface area contributed by atoms with Crippen LogP contribution in [0.1, 0.15) is 26.7 Å². The number of nitrogens with zero attached hydrogens (tertiary/aromatic N) is 2. The van der Waals surface area contributed by atoms with E-state index in [2.05, 4.69) is 10.3 Å². The van der Waals surface area contributed by atoms with Crippen molar-refractivity contribution in [1.29, 1.82) is 0 Å². The molecule has 1 amide bonds. The van der Waals surface area contributed by atoms with Gasteiger partial charge >= 0.3 is 0 Å². The molecule has 1 N–H and O–H groups in total. The zero-order chi connectivity index (χ0) is 14.3. The number of hydrogen-bond donors (Lipinski definition) is 1. The molecule has 0 spiro atoms. The highest BCUT2D eigenvalue weighted by molar-refractivity contribution is 6.30. The van der Waals surface area contributed by atoms with E-state index in [-0.39, 0.29) is 11.9 Å². The molecule has 0 unspecified atom stereocenters. The quantitative estimate of drug-likeness (QED) is 0.861. The van der Waals surface area contributed by atoms with Gasteiger partial charge in [-0.3, -0.25) is 4.79 Å². The number of carbonyl (C=O) groups is 1. The number of fused-ring (bicyclic) bond motifs is 1. The molecule has 1 aromatic heterocycles. The highest BCUT2D eigenvalue weighted by Crippen LogP contribution is 2.39. The van der Waals surface area contributed by atoms with Crippen LogP contribution in [-0.4, -0.2) is 35.6 Å². The van der Waals surface area contributed by atoms with Gasteiger partial charge in [0.1, 0.15) is 5.69 Å². The Morgan fingerprint density at radius 3 is 2.85 bits per heavy atom. The molecule has 3 rings (SSSR count). The summed E-state index contributed by atoms with van der Waals surface area (Å²) in [4.78, 5) is 18.8. The van der Waals surface area contributed by atoms with Crippen LogP contribution in [0.4, 0.5) is 5.69 Å². The van der Waals surface area contributed by atoms with Crippen molar-refractivity contribution in [2.24, 2.45) is 0 Å². The molecule has 2 aliphatic rings. The smallest absolute Gasteiger partial charge is 0.271 e. The molecule has 0 atom stereocenters. The molecule has 108 valence electrons. The molecule has 3 heterocycles. The van der Waals surface area contributed by atoms with Gasteiger partial charge in [0.05, 0.1) is 5.02 Å². The number of hydrogen-bond acceptors (Lipinski definition) is 4. The fourth-order valence-electron chi connectivity index (χ4n) is 2.78. The zero-order valence-electron chi connectivity index (χ0n) is 11.6. The van der Waals surface area contributed by atoms with Crippen molar-refractivity contribution in [3.63, 3.8) is 0 Å². The van der Waals surface area contributed by atoms with Gasteiger partial charge in [0, 0.05) is 12.2 Å². The van der Waals surface area contributed by atoms with Crippen molar-refractivity contribution in [3.8, 4) is 5.88 Å². The van der Waals surface area contributed by atoms with Crippen molar-refractivity contribution in [3.05, 3.63) is 17.3 Å². The summed E-state index contributed by atoms with van der Waals surface area (Å²) in [5.74, 6) is 0.457. The molecule has 0 aromatic carbocycles. The summed E-state index contributed by atoms with van der Waals surface area (Å²) < 4.78 is 5.73. The van der Waals surface area contributed by atoms with E-state index < -0.39 is 5.60 Å². The third-order valence-corrected chi connectivity index (χ3v) is 4.02. The molecular formula is C14H18ClN3O2. The average molecular weight is 296 g/mol. The minimum absolute atomic E-state index is 0.0269. The molecule has 0 bridgehead atoms. The first-order valence-electron chi connectivity index (χ1n) is 6.88. The Morgan fingerprint density at radius 2 is 2.15 bits per heavy atom. The topological polar surface area (TPSA) is 54.5 Å². The second-order valence-corrected chi connectivity index (χ2v) is 6.18. The van der Waals surface area contributed by atoms with Crippen LogP contribution in [0.15, 0.2) is 12.3 Å². The lowest BCUT2D eigenvalue weighted by molar-refractivity contribution is -0.133. The third kappa shape index (κ3) is 2.25. The number of rotatable bonds is 1. The van der Waals surface area contributed by atoms with Crippen molar-refractivity contribution in [1.82, 2.24) is 10.3 Å². The number of piperidine rings is 1. The fourth-order valence-corrected chi connectivity index (χ4v) is 2.93. The minimum Gasteiger partial charge on any atom is -0.460 e. The van der Waals surface area contributed by atoms with E-state index in [0.29, 0.717) is 16.6 Å². The van der Waals surface area contributed by atoms with E-state index >= 15 is 0 Å². The lowest BCUT2D eigenvalue weighted by atomic mass is 9.98. The van der Waals surface area contributed by atoms with E-state index in [1.807, 2.05) is 4.90 Å². The largest absolute Gasteiger partial charge is 0.460 e. The second kappa shape index (κ2) is 4.90. The number of pyridine rings is 1. The summed E-state index contributed by atoms with van der Waals surface area (Å²) in [5, 5.41) is 3.83. The van der Waals surface area contributed by atoms with Crippen LogP contribution in [0, 0.1) is 0 Å². The summed E-state index contributed by atoms with van der Waals surface area (Å²) in [6, 6.07) is 1.94. The molecule has 2 aliphatic heterocycles. The lowest BCUT2D eigenvalue weighted by Gasteiger charge is -2.43. The van der Waals surface area contributed by atoms with Crippen molar-refractivity contribution >= 4 is 23.2 Å². The fraction of sp³-hybridized carbons (Fsp3) is 0.571. The predicted molar refractivity (Wildman–Crippen MR) is 77.3 cm³/mol. The maximum Gasteiger partial charge on any atom is 0.271 e. The Kier molecular flexibility index (Phi) is 3.34. The Balaban J connectivity index is 2.05. The van der Waals surface area contributed by atoms with Crippen molar-refractivity contribution < 1.29 is 9.53 Å². The van der Waals surface area contributed by atoms with Crippen LogP contribution in [0.2, 0.25) is 5.02 Å². The van der Waals surface area contributed by atoms with Crippen LogP contribution < -0.4 is 15.0 Å². The number of nitrogens with one attached hydrogen (secondary N) is 1. The average Bonchev–Trinajstić information content (AvgIpc) is 2.42. The standard InChI is InChI=1S/C14H18ClN3O2/c1-14(2)13(19)18(10-3-5-16-6-4-10)11-7-9(15)8-17-12(11)20-14/h7-8,10,16H,3-6H2,1-2H3. The number of carbonyl (C=O) groups excluding carboxylic acids is 1. The zero-order valence-corrected chi connectivity index (χ0v) is 12.4. The first-order valence-corrected chi connectivity index (χ1v) is 7.26. The van der Waals surface area contributed by atoms with Crippen LogP contribution >= 0.6 is 11.6 Å². The van der Waals surface area contributed by atoms with Crippen molar-refractivity contribution in [2.75, 3.05) is 18.0 Å². The molecular weight excluding hydrogens is 278 g/mol. The number of amides is 1. The molecule has 1 saturated heterocycles. The lowest BCUT2D eigenvalue weighted by Crippen LogP contribution is -2.57. The molecule has 0 radical (unpaired) electrons. The van der Waals surface area contributed by atoms with Gasteiger partial charge in [0.2, 0.25) is 5.88 Å². The van der Waals surface area contributed by atoms with E-state index in [1.54, 1.807) is 26.1 Å². The predicted octanol–water partition coefficient (Wildman–Crippen LogP) is 1.99. The molecule has 1 fully saturated rings. The summed E-state index contributed by atoms with van der Waals surface area (Å²) in [6.07, 6.45) is 3.40. The molecule has 20 heavy (non-hydrogen) atoms. The Hall–Kier alpha value is -1.33. The molecule has 5 nitrogen and oxygen atoms in total. The first kappa shape index (κ1) is 13.6. The Morgan fingerprint density at radius 1 is 1.45 bits per heavy atom. The second-order valence-electron chi connectivity index (χ2n) is 5.75. The van der Waals surface area contributed by atoms with E-state index in [4.69, 9.17) is 16.3 Å². The number of anilines is 1. The van der Waals surface area contributed by atoms with Gasteiger partial charge in [-0.15, -0.1) is 0 Å². The van der Waals surface area contributed by atoms with Gasteiger partial charge in [-0.1, -0.05) is 11.6 Å². The minimum atomic E-state index is -0.890. The normalized spacial score (nSPS) is 22.4. The van der Waals surface area contributed by atoms with Gasteiger partial charge in [-0.2, -0.15) is 0 Å². The summed E-state index contributed by atoms with van der Waals surface area (Å²) in [7, 11) is 0. The van der Waals surface area contributed by atoms with E-state index in [9.17, 15) is 4.79 Å². The molecule has 6 heteroatoms. The maximum atomic E-state index is 12.7.